The molecule has 42 heavy (non-hydrogen) atoms. The van der Waals surface area contributed by atoms with Gasteiger partial charge in [-0.3, -0.25) is 4.79 Å². The van der Waals surface area contributed by atoms with Crippen LogP contribution in [0.4, 0.5) is 0 Å². The molecule has 0 fully saturated rings. The first-order valence-electron chi connectivity index (χ1n) is 13.9. The third kappa shape index (κ3) is 5.93. The highest BCUT2D eigenvalue weighted by molar-refractivity contribution is 5.82. The molecule has 0 bridgehead atoms. The van der Waals surface area contributed by atoms with Crippen molar-refractivity contribution < 1.29 is 9.47 Å². The van der Waals surface area contributed by atoms with Crippen molar-refractivity contribution in [2.45, 2.75) is 40.2 Å². The maximum absolute atomic E-state index is 13.8. The average molecular weight is 557 g/mol. The van der Waals surface area contributed by atoms with E-state index < -0.39 is 0 Å². The van der Waals surface area contributed by atoms with E-state index in [9.17, 15) is 10.1 Å². The van der Waals surface area contributed by atoms with Gasteiger partial charge in [-0.2, -0.15) is 15.0 Å². The van der Waals surface area contributed by atoms with E-state index in [1.54, 1.807) is 18.3 Å². The molecule has 1 aromatic heterocycles. The highest BCUT2D eigenvalue weighted by Crippen LogP contribution is 2.34. The van der Waals surface area contributed by atoms with Crippen molar-refractivity contribution in [3.05, 3.63) is 123 Å². The van der Waals surface area contributed by atoms with Crippen LogP contribution in [-0.4, -0.2) is 22.5 Å². The molecule has 5 aromatic rings. The van der Waals surface area contributed by atoms with Crippen LogP contribution in [0.5, 0.6) is 11.5 Å². The first kappa shape index (κ1) is 28.3. The van der Waals surface area contributed by atoms with Gasteiger partial charge in [0.25, 0.3) is 5.56 Å². The van der Waals surface area contributed by atoms with Gasteiger partial charge in [-0.15, -0.1) is 0 Å². The summed E-state index contributed by atoms with van der Waals surface area (Å²) in [5, 5.41) is 14.5. The molecule has 0 saturated heterocycles. The van der Waals surface area contributed by atoms with Crippen LogP contribution < -0.4 is 15.0 Å². The van der Waals surface area contributed by atoms with E-state index in [1.807, 2.05) is 80.6 Å². The van der Waals surface area contributed by atoms with Crippen molar-refractivity contribution in [2.75, 3.05) is 6.61 Å². The lowest BCUT2D eigenvalue weighted by Gasteiger charge is -2.18. The molecule has 0 aliphatic heterocycles. The Balaban J connectivity index is 1.56. The number of rotatable bonds is 9. The van der Waals surface area contributed by atoms with Crippen molar-refractivity contribution in [1.29, 1.82) is 5.26 Å². The van der Waals surface area contributed by atoms with Crippen LogP contribution in [0.15, 0.2) is 94.8 Å². The molecular weight excluding hydrogens is 524 g/mol. The molecule has 1 heterocycles. The molecule has 0 spiro atoms. The second-order valence-corrected chi connectivity index (χ2v) is 10.2. The summed E-state index contributed by atoms with van der Waals surface area (Å²) in [6.07, 6.45) is 1.63. The lowest BCUT2D eigenvalue weighted by molar-refractivity contribution is 0.306. The molecule has 0 saturated carbocycles. The monoisotopic (exact) mass is 556 g/mol. The van der Waals surface area contributed by atoms with E-state index in [-0.39, 0.29) is 18.1 Å². The zero-order valence-corrected chi connectivity index (χ0v) is 24.2. The summed E-state index contributed by atoms with van der Waals surface area (Å²) in [4.78, 5) is 18.7. The minimum atomic E-state index is -0.258. The topological polar surface area (TPSA) is 89.5 Å². The van der Waals surface area contributed by atoms with Crippen LogP contribution in [0, 0.1) is 18.3 Å². The minimum Gasteiger partial charge on any atom is -0.494 e. The molecule has 4 aromatic carbocycles. The normalized spacial score (nSPS) is 11.2. The summed E-state index contributed by atoms with van der Waals surface area (Å²) in [7, 11) is 0. The standard InChI is InChI=1S/C35H32N4O3/c1-5-41-33-17-24(4)31(19-30(33)23(2)3)34-38-32-16-9-8-15-29(32)35(40)39(34)37-21-25-11-10-14-28(18-25)42-22-27-13-7-6-12-26(27)20-36/h6-19,21,23H,5,22H2,1-4H3. The third-order valence-electron chi connectivity index (χ3n) is 6.99. The third-order valence-corrected chi connectivity index (χ3v) is 6.99. The van der Waals surface area contributed by atoms with Gasteiger partial charge in [0.15, 0.2) is 5.82 Å². The van der Waals surface area contributed by atoms with Crippen LogP contribution in [0.1, 0.15) is 54.5 Å². The zero-order valence-electron chi connectivity index (χ0n) is 24.2. The predicted octanol–water partition coefficient (Wildman–Crippen LogP) is 7.23. The Hall–Kier alpha value is -5.22. The molecule has 0 atom stereocenters. The van der Waals surface area contributed by atoms with E-state index in [0.717, 1.165) is 33.6 Å². The quantitative estimate of drug-likeness (QED) is 0.179. The number of nitrogens with zero attached hydrogens (tertiary/aromatic N) is 4. The van der Waals surface area contributed by atoms with E-state index >= 15 is 0 Å². The molecule has 0 aliphatic carbocycles. The molecule has 0 amide bonds. The molecule has 0 radical (unpaired) electrons. The SMILES string of the molecule is CCOc1cc(C)c(-c2nc3ccccc3c(=O)n2N=Cc2cccc(OCc3ccccc3C#N)c2)cc1C(C)C. The summed E-state index contributed by atoms with van der Waals surface area (Å²) < 4.78 is 13.3. The first-order chi connectivity index (χ1) is 20.4. The Kier molecular flexibility index (Phi) is 8.44. The Bertz CT molecular complexity index is 1880. The Labute approximate surface area is 245 Å². The number of benzene rings is 4. The maximum atomic E-state index is 13.8. The van der Waals surface area contributed by atoms with Crippen LogP contribution in [0.25, 0.3) is 22.3 Å². The van der Waals surface area contributed by atoms with Gasteiger partial charge in [-0.05, 0) is 78.9 Å². The second kappa shape index (κ2) is 12.5. The van der Waals surface area contributed by atoms with E-state index in [0.29, 0.717) is 34.6 Å². The number of aryl methyl sites for hydroxylation is 1. The van der Waals surface area contributed by atoms with Gasteiger partial charge in [0.05, 0.1) is 35.4 Å². The predicted molar refractivity (Wildman–Crippen MR) is 166 cm³/mol. The van der Waals surface area contributed by atoms with Crippen molar-refractivity contribution >= 4 is 17.1 Å². The summed E-state index contributed by atoms with van der Waals surface area (Å²) in [6.45, 7) is 9.01. The Morgan fingerprint density at radius 1 is 1.00 bits per heavy atom. The number of hydrogen-bond acceptors (Lipinski definition) is 6. The fraction of sp³-hybridized carbons (Fsp3) is 0.200. The van der Waals surface area contributed by atoms with Crippen molar-refractivity contribution in [3.63, 3.8) is 0 Å². The van der Waals surface area contributed by atoms with Crippen LogP contribution in [0.3, 0.4) is 0 Å². The van der Waals surface area contributed by atoms with Gasteiger partial charge in [0.2, 0.25) is 0 Å². The van der Waals surface area contributed by atoms with Crippen LogP contribution in [-0.2, 0) is 6.61 Å². The van der Waals surface area contributed by atoms with Crippen LogP contribution >= 0.6 is 0 Å². The van der Waals surface area contributed by atoms with E-state index in [2.05, 4.69) is 31.1 Å². The molecular formula is C35H32N4O3. The smallest absolute Gasteiger partial charge is 0.282 e. The highest BCUT2D eigenvalue weighted by Gasteiger charge is 2.18. The molecule has 0 unspecified atom stereocenters. The molecule has 0 aliphatic rings. The molecule has 210 valence electrons. The summed E-state index contributed by atoms with van der Waals surface area (Å²) in [5.41, 5.74) is 5.28. The number of aromatic nitrogens is 2. The van der Waals surface area contributed by atoms with Crippen molar-refractivity contribution in [3.8, 4) is 29.0 Å². The Morgan fingerprint density at radius 3 is 2.57 bits per heavy atom. The summed E-state index contributed by atoms with van der Waals surface area (Å²) >= 11 is 0. The van der Waals surface area contributed by atoms with Crippen molar-refractivity contribution in [1.82, 2.24) is 9.66 Å². The minimum absolute atomic E-state index is 0.206. The highest BCUT2D eigenvalue weighted by atomic mass is 16.5. The van der Waals surface area contributed by atoms with E-state index in [1.165, 1.54) is 4.68 Å². The van der Waals surface area contributed by atoms with Gasteiger partial charge in [0, 0.05) is 11.1 Å². The lowest BCUT2D eigenvalue weighted by Crippen LogP contribution is -2.20. The van der Waals surface area contributed by atoms with Gasteiger partial charge >= 0.3 is 0 Å². The largest absolute Gasteiger partial charge is 0.494 e. The van der Waals surface area contributed by atoms with Gasteiger partial charge in [-0.1, -0.05) is 56.3 Å². The average Bonchev–Trinajstić information content (AvgIpc) is 3.00. The molecule has 7 nitrogen and oxygen atoms in total. The number of para-hydroxylation sites is 1. The summed E-state index contributed by atoms with van der Waals surface area (Å²) in [5.74, 6) is 2.12. The van der Waals surface area contributed by atoms with Crippen molar-refractivity contribution in [2.24, 2.45) is 5.10 Å². The van der Waals surface area contributed by atoms with Crippen LogP contribution in [0.2, 0.25) is 0 Å². The lowest BCUT2D eigenvalue weighted by atomic mass is 9.96. The summed E-state index contributed by atoms with van der Waals surface area (Å²) in [6, 6.07) is 28.3. The first-order valence-corrected chi connectivity index (χ1v) is 13.9. The second-order valence-electron chi connectivity index (χ2n) is 10.2. The Morgan fingerprint density at radius 2 is 1.79 bits per heavy atom. The number of hydrogen-bond donors (Lipinski definition) is 0. The fourth-order valence-corrected chi connectivity index (χ4v) is 4.80. The number of fused-ring (bicyclic) bond motifs is 1. The van der Waals surface area contributed by atoms with Gasteiger partial charge in [0.1, 0.15) is 18.1 Å². The van der Waals surface area contributed by atoms with E-state index in [4.69, 9.17) is 14.5 Å². The molecule has 7 heteroatoms. The number of nitriles is 1. The maximum Gasteiger partial charge on any atom is 0.282 e. The molecule has 0 N–H and O–H groups in total. The number of ether oxygens (including phenoxy) is 2. The van der Waals surface area contributed by atoms with Gasteiger partial charge < -0.3 is 9.47 Å². The fourth-order valence-electron chi connectivity index (χ4n) is 4.80. The molecule has 5 rings (SSSR count). The van der Waals surface area contributed by atoms with Gasteiger partial charge in [-0.25, -0.2) is 4.98 Å². The zero-order chi connectivity index (χ0) is 29.6.